The number of aliphatic hydroxyl groups excluding tert-OH is 1. The maximum atomic E-state index is 9.37. The van der Waals surface area contributed by atoms with Gasteiger partial charge < -0.3 is 15.3 Å². The molecule has 0 spiro atoms. The zero-order chi connectivity index (χ0) is 13.0. The third kappa shape index (κ3) is 3.92. The van der Waals surface area contributed by atoms with E-state index in [1.54, 1.807) is 0 Å². The Morgan fingerprint density at radius 3 is 2.83 bits per heavy atom. The smallest absolute Gasteiger partial charge is 0.0585 e. The van der Waals surface area contributed by atoms with E-state index < -0.39 is 0 Å². The monoisotopic (exact) mass is 255 g/mol. The molecular formula is C14H29N3O. The number of nitrogens with zero attached hydrogens (tertiary/aromatic N) is 2. The molecule has 2 saturated heterocycles. The van der Waals surface area contributed by atoms with Crippen LogP contribution in [0.3, 0.4) is 0 Å². The molecule has 0 aliphatic carbocycles. The van der Waals surface area contributed by atoms with Crippen molar-refractivity contribution in [1.29, 1.82) is 0 Å². The van der Waals surface area contributed by atoms with Crippen molar-refractivity contribution in [2.24, 2.45) is 0 Å². The molecule has 2 aliphatic rings. The van der Waals surface area contributed by atoms with Crippen LogP contribution in [0.5, 0.6) is 0 Å². The van der Waals surface area contributed by atoms with Gasteiger partial charge in [-0.3, -0.25) is 4.90 Å². The predicted molar refractivity (Wildman–Crippen MR) is 74.8 cm³/mol. The van der Waals surface area contributed by atoms with Gasteiger partial charge in [0.25, 0.3) is 0 Å². The highest BCUT2D eigenvalue weighted by Gasteiger charge is 2.30. The summed E-state index contributed by atoms with van der Waals surface area (Å²) in [5.74, 6) is 0. The van der Waals surface area contributed by atoms with E-state index in [4.69, 9.17) is 0 Å². The molecule has 2 heterocycles. The summed E-state index contributed by atoms with van der Waals surface area (Å²) in [6.07, 6.45) is 3.82. The van der Waals surface area contributed by atoms with Gasteiger partial charge in [-0.2, -0.15) is 0 Å². The second-order valence-electron chi connectivity index (χ2n) is 6.12. The van der Waals surface area contributed by atoms with Crippen molar-refractivity contribution in [3.8, 4) is 0 Å². The lowest BCUT2D eigenvalue weighted by molar-refractivity contribution is 0.0973. The number of rotatable bonds is 6. The SMILES string of the molecule is CC(C)NC(CO)CCN1CCN2CCCC2C1. The molecule has 2 fully saturated rings. The largest absolute Gasteiger partial charge is 0.395 e. The Kier molecular flexibility index (Phi) is 5.42. The lowest BCUT2D eigenvalue weighted by Crippen LogP contribution is -2.51. The van der Waals surface area contributed by atoms with E-state index in [0.717, 1.165) is 19.0 Å². The van der Waals surface area contributed by atoms with Gasteiger partial charge in [0.05, 0.1) is 6.61 Å². The highest BCUT2D eigenvalue weighted by molar-refractivity contribution is 4.87. The van der Waals surface area contributed by atoms with Crippen LogP contribution in [0.4, 0.5) is 0 Å². The van der Waals surface area contributed by atoms with E-state index in [1.807, 2.05) is 0 Å². The molecule has 2 atom stereocenters. The van der Waals surface area contributed by atoms with Gasteiger partial charge in [0.15, 0.2) is 0 Å². The summed E-state index contributed by atoms with van der Waals surface area (Å²) in [6.45, 7) is 10.6. The Morgan fingerprint density at radius 1 is 1.28 bits per heavy atom. The predicted octanol–water partition coefficient (Wildman–Crippen LogP) is 0.515. The van der Waals surface area contributed by atoms with Crippen molar-refractivity contribution in [2.45, 2.75) is 51.2 Å². The van der Waals surface area contributed by atoms with Crippen LogP contribution in [0.1, 0.15) is 33.1 Å². The van der Waals surface area contributed by atoms with Crippen LogP contribution in [0.25, 0.3) is 0 Å². The van der Waals surface area contributed by atoms with Gasteiger partial charge in [0.2, 0.25) is 0 Å². The first-order chi connectivity index (χ1) is 8.69. The number of hydrogen-bond donors (Lipinski definition) is 2. The van der Waals surface area contributed by atoms with Crippen molar-refractivity contribution in [1.82, 2.24) is 15.1 Å². The van der Waals surface area contributed by atoms with Gasteiger partial charge in [-0.25, -0.2) is 0 Å². The lowest BCUT2D eigenvalue weighted by Gasteiger charge is -2.38. The molecule has 0 aromatic rings. The minimum atomic E-state index is 0.252. The van der Waals surface area contributed by atoms with Crippen molar-refractivity contribution >= 4 is 0 Å². The van der Waals surface area contributed by atoms with Gasteiger partial charge in [0.1, 0.15) is 0 Å². The Bertz CT molecular complexity index is 247. The number of nitrogens with one attached hydrogen (secondary N) is 1. The zero-order valence-electron chi connectivity index (χ0n) is 11.9. The Balaban J connectivity index is 1.69. The lowest BCUT2D eigenvalue weighted by atomic mass is 10.1. The molecule has 106 valence electrons. The van der Waals surface area contributed by atoms with Crippen molar-refractivity contribution in [3.05, 3.63) is 0 Å². The van der Waals surface area contributed by atoms with E-state index in [2.05, 4.69) is 29.0 Å². The molecule has 0 aromatic carbocycles. The third-order valence-electron chi connectivity index (χ3n) is 4.25. The van der Waals surface area contributed by atoms with Crippen molar-refractivity contribution < 1.29 is 5.11 Å². The molecule has 2 N–H and O–H groups in total. The average molecular weight is 255 g/mol. The number of hydrogen-bond acceptors (Lipinski definition) is 4. The fourth-order valence-electron chi connectivity index (χ4n) is 3.30. The van der Waals surface area contributed by atoms with Gasteiger partial charge >= 0.3 is 0 Å². The topological polar surface area (TPSA) is 38.7 Å². The fraction of sp³-hybridized carbons (Fsp3) is 1.00. The van der Waals surface area contributed by atoms with Crippen molar-refractivity contribution in [3.63, 3.8) is 0 Å². The molecule has 0 radical (unpaired) electrons. The van der Waals surface area contributed by atoms with E-state index in [0.29, 0.717) is 6.04 Å². The first-order valence-electron chi connectivity index (χ1n) is 7.52. The second-order valence-corrected chi connectivity index (χ2v) is 6.12. The van der Waals surface area contributed by atoms with Crippen LogP contribution in [-0.4, -0.2) is 72.4 Å². The molecule has 0 bridgehead atoms. The molecule has 4 heteroatoms. The summed E-state index contributed by atoms with van der Waals surface area (Å²) in [5.41, 5.74) is 0. The molecule has 4 nitrogen and oxygen atoms in total. The number of piperazine rings is 1. The molecule has 18 heavy (non-hydrogen) atoms. The molecule has 2 unspecified atom stereocenters. The van der Waals surface area contributed by atoms with Gasteiger partial charge in [0, 0.05) is 37.8 Å². The molecule has 2 rings (SSSR count). The molecule has 0 aromatic heterocycles. The van der Waals surface area contributed by atoms with E-state index in [9.17, 15) is 5.11 Å². The number of aliphatic hydroxyl groups is 1. The minimum absolute atomic E-state index is 0.252. The third-order valence-corrected chi connectivity index (χ3v) is 4.25. The quantitative estimate of drug-likeness (QED) is 0.726. The molecule has 2 aliphatic heterocycles. The minimum Gasteiger partial charge on any atom is -0.395 e. The molecule has 0 amide bonds. The maximum absolute atomic E-state index is 9.37. The highest BCUT2D eigenvalue weighted by Crippen LogP contribution is 2.21. The Labute approximate surface area is 111 Å². The standard InChI is InChI=1S/C14H29N3O/c1-12(2)15-13(11-18)5-7-16-8-9-17-6-3-4-14(17)10-16/h12-15,18H,3-11H2,1-2H3. The van der Waals surface area contributed by atoms with E-state index in [-0.39, 0.29) is 12.6 Å². The van der Waals surface area contributed by atoms with Crippen LogP contribution >= 0.6 is 0 Å². The van der Waals surface area contributed by atoms with Crippen molar-refractivity contribution in [2.75, 3.05) is 39.3 Å². The first-order valence-corrected chi connectivity index (χ1v) is 7.52. The van der Waals surface area contributed by atoms with Crippen LogP contribution in [0, 0.1) is 0 Å². The summed E-state index contributed by atoms with van der Waals surface area (Å²) in [7, 11) is 0. The van der Waals surface area contributed by atoms with Crippen LogP contribution < -0.4 is 5.32 Å². The summed E-state index contributed by atoms with van der Waals surface area (Å²) in [5, 5.41) is 12.8. The Morgan fingerprint density at radius 2 is 2.11 bits per heavy atom. The normalized spacial score (nSPS) is 27.7. The molecule has 0 saturated carbocycles. The summed E-state index contributed by atoms with van der Waals surface area (Å²) in [6, 6.07) is 1.52. The maximum Gasteiger partial charge on any atom is 0.0585 e. The van der Waals surface area contributed by atoms with Gasteiger partial charge in [-0.1, -0.05) is 13.8 Å². The van der Waals surface area contributed by atoms with E-state index >= 15 is 0 Å². The van der Waals surface area contributed by atoms with Crippen LogP contribution in [-0.2, 0) is 0 Å². The van der Waals surface area contributed by atoms with Gasteiger partial charge in [-0.05, 0) is 32.4 Å². The van der Waals surface area contributed by atoms with E-state index in [1.165, 1.54) is 39.0 Å². The highest BCUT2D eigenvalue weighted by atomic mass is 16.3. The van der Waals surface area contributed by atoms with Gasteiger partial charge in [-0.15, -0.1) is 0 Å². The summed E-state index contributed by atoms with van der Waals surface area (Å²) in [4.78, 5) is 5.23. The number of fused-ring (bicyclic) bond motifs is 1. The summed E-state index contributed by atoms with van der Waals surface area (Å²) < 4.78 is 0. The second kappa shape index (κ2) is 6.85. The Hall–Kier alpha value is -0.160. The fourth-order valence-corrected chi connectivity index (χ4v) is 3.30. The molecular weight excluding hydrogens is 226 g/mol. The van der Waals surface area contributed by atoms with Crippen LogP contribution in [0.15, 0.2) is 0 Å². The summed E-state index contributed by atoms with van der Waals surface area (Å²) >= 11 is 0. The zero-order valence-corrected chi connectivity index (χ0v) is 11.9. The van der Waals surface area contributed by atoms with Crippen LogP contribution in [0.2, 0.25) is 0 Å². The average Bonchev–Trinajstić information content (AvgIpc) is 2.81. The first kappa shape index (κ1) is 14.3.